The molecule has 0 saturated heterocycles. The number of hydrogen-bond acceptors (Lipinski definition) is 1. The third-order valence-corrected chi connectivity index (χ3v) is 5.19. The second-order valence-corrected chi connectivity index (χ2v) is 7.41. The van der Waals surface area contributed by atoms with E-state index in [1.165, 1.54) is 31.4 Å². The van der Waals surface area contributed by atoms with Crippen molar-refractivity contribution < 1.29 is 0 Å². The zero-order valence-electron chi connectivity index (χ0n) is 15.1. The highest BCUT2D eigenvalue weighted by Crippen LogP contribution is 2.50. The molecule has 124 valence electrons. The van der Waals surface area contributed by atoms with Crippen molar-refractivity contribution in [3.05, 3.63) is 72.7 Å². The zero-order chi connectivity index (χ0) is 17.2. The van der Waals surface area contributed by atoms with Crippen LogP contribution in [0.3, 0.4) is 0 Å². The van der Waals surface area contributed by atoms with Gasteiger partial charge in [-0.1, -0.05) is 58.7 Å². The SMILES string of the molecule is C=CC1=CN(CC2(CCC)CC(C)C2)C(C(=C)C)=C(C=C)C1=C. The predicted octanol–water partition coefficient (Wildman–Crippen LogP) is 6.16. The van der Waals surface area contributed by atoms with Gasteiger partial charge in [0.1, 0.15) is 0 Å². The Kier molecular flexibility index (Phi) is 5.19. The van der Waals surface area contributed by atoms with Crippen LogP contribution in [0.2, 0.25) is 0 Å². The largest absolute Gasteiger partial charge is 0.346 e. The molecule has 0 bridgehead atoms. The highest BCUT2D eigenvalue weighted by Gasteiger charge is 2.43. The maximum Gasteiger partial charge on any atom is 0.0509 e. The Morgan fingerprint density at radius 2 is 2.00 bits per heavy atom. The Morgan fingerprint density at radius 1 is 1.35 bits per heavy atom. The van der Waals surface area contributed by atoms with E-state index in [9.17, 15) is 0 Å². The van der Waals surface area contributed by atoms with Gasteiger partial charge in [0.25, 0.3) is 0 Å². The van der Waals surface area contributed by atoms with Crippen molar-refractivity contribution in [3.63, 3.8) is 0 Å². The molecule has 2 aliphatic rings. The first kappa shape index (κ1) is 17.6. The zero-order valence-corrected chi connectivity index (χ0v) is 15.1. The van der Waals surface area contributed by atoms with Crippen molar-refractivity contribution in [1.29, 1.82) is 0 Å². The van der Waals surface area contributed by atoms with Crippen LogP contribution in [-0.4, -0.2) is 11.4 Å². The van der Waals surface area contributed by atoms with Crippen LogP contribution in [0.5, 0.6) is 0 Å². The number of allylic oxidation sites excluding steroid dienone is 6. The van der Waals surface area contributed by atoms with E-state index in [1.807, 2.05) is 12.2 Å². The molecule has 1 heteroatoms. The second kappa shape index (κ2) is 6.78. The van der Waals surface area contributed by atoms with E-state index in [2.05, 4.69) is 58.2 Å². The molecule has 0 N–H and O–H groups in total. The van der Waals surface area contributed by atoms with E-state index in [1.54, 1.807) is 0 Å². The van der Waals surface area contributed by atoms with E-state index >= 15 is 0 Å². The average Bonchev–Trinajstić information content (AvgIpc) is 2.46. The standard InChI is InChI=1S/C22H31N/c1-8-11-22(12-17(6)13-22)15-23-14-19(9-2)18(7)20(10-3)21(23)16(4)5/h9-10,14,17H,2-4,7-8,11-13,15H2,1,5-6H3. The molecule has 1 aliphatic carbocycles. The van der Waals surface area contributed by atoms with Gasteiger partial charge in [-0.2, -0.15) is 0 Å². The lowest BCUT2D eigenvalue weighted by molar-refractivity contribution is 0.0333. The Morgan fingerprint density at radius 3 is 2.43 bits per heavy atom. The first-order valence-corrected chi connectivity index (χ1v) is 8.70. The van der Waals surface area contributed by atoms with Crippen molar-refractivity contribution in [2.24, 2.45) is 11.3 Å². The minimum absolute atomic E-state index is 0.433. The van der Waals surface area contributed by atoms with Crippen LogP contribution in [0.1, 0.15) is 46.5 Å². The van der Waals surface area contributed by atoms with Crippen molar-refractivity contribution in [1.82, 2.24) is 4.90 Å². The Bertz CT molecular complexity index is 588. The molecule has 2 rings (SSSR count). The molecule has 23 heavy (non-hydrogen) atoms. The van der Waals surface area contributed by atoms with Crippen LogP contribution in [-0.2, 0) is 0 Å². The molecule has 1 aliphatic heterocycles. The summed E-state index contributed by atoms with van der Waals surface area (Å²) in [5, 5.41) is 0. The molecule has 0 atom stereocenters. The van der Waals surface area contributed by atoms with Crippen molar-refractivity contribution >= 4 is 0 Å². The fourth-order valence-corrected chi connectivity index (χ4v) is 4.48. The third-order valence-electron chi connectivity index (χ3n) is 5.19. The summed E-state index contributed by atoms with van der Waals surface area (Å²) in [4.78, 5) is 2.38. The van der Waals surface area contributed by atoms with E-state index in [-0.39, 0.29) is 0 Å². The van der Waals surface area contributed by atoms with Crippen molar-refractivity contribution in [2.75, 3.05) is 6.54 Å². The van der Waals surface area contributed by atoms with Gasteiger partial charge in [-0.15, -0.1) is 0 Å². The minimum Gasteiger partial charge on any atom is -0.346 e. The normalized spacial score (nSPS) is 27.4. The van der Waals surface area contributed by atoms with Gasteiger partial charge in [0, 0.05) is 18.3 Å². The molecule has 1 heterocycles. The topological polar surface area (TPSA) is 3.24 Å². The molecule has 1 fully saturated rings. The third kappa shape index (κ3) is 3.29. The quantitative estimate of drug-likeness (QED) is 0.544. The minimum atomic E-state index is 0.433. The Balaban J connectivity index is 2.40. The molecule has 0 radical (unpaired) electrons. The van der Waals surface area contributed by atoms with Crippen molar-refractivity contribution in [2.45, 2.75) is 46.5 Å². The molecular formula is C22H31N. The summed E-state index contributed by atoms with van der Waals surface area (Å²) < 4.78 is 0. The number of nitrogens with zero attached hydrogens (tertiary/aromatic N) is 1. The summed E-state index contributed by atoms with van der Waals surface area (Å²) >= 11 is 0. The maximum atomic E-state index is 4.23. The molecule has 0 amide bonds. The smallest absolute Gasteiger partial charge is 0.0509 e. The van der Waals surface area contributed by atoms with Gasteiger partial charge in [-0.05, 0) is 54.2 Å². The summed E-state index contributed by atoms with van der Waals surface area (Å²) in [6.45, 7) is 24.2. The van der Waals surface area contributed by atoms with Crippen LogP contribution < -0.4 is 0 Å². The van der Waals surface area contributed by atoms with E-state index in [0.717, 1.165) is 34.8 Å². The van der Waals surface area contributed by atoms with Crippen molar-refractivity contribution in [3.8, 4) is 0 Å². The summed E-state index contributed by atoms with van der Waals surface area (Å²) in [5.74, 6) is 0.847. The first-order valence-electron chi connectivity index (χ1n) is 8.70. The monoisotopic (exact) mass is 309 g/mol. The summed E-state index contributed by atoms with van der Waals surface area (Å²) in [6, 6.07) is 0. The van der Waals surface area contributed by atoms with Gasteiger partial charge < -0.3 is 4.90 Å². The molecule has 1 saturated carbocycles. The average molecular weight is 309 g/mol. The lowest BCUT2D eigenvalue weighted by Crippen LogP contribution is -2.45. The molecule has 0 aromatic rings. The lowest BCUT2D eigenvalue weighted by atomic mass is 9.60. The van der Waals surface area contributed by atoms with Gasteiger partial charge >= 0.3 is 0 Å². The number of hydrogen-bond donors (Lipinski definition) is 0. The second-order valence-electron chi connectivity index (χ2n) is 7.41. The highest BCUT2D eigenvalue weighted by molar-refractivity contribution is 5.61. The number of rotatable bonds is 7. The molecule has 1 nitrogen and oxygen atoms in total. The highest BCUT2D eigenvalue weighted by atomic mass is 15.1. The van der Waals surface area contributed by atoms with E-state index in [4.69, 9.17) is 0 Å². The van der Waals surface area contributed by atoms with Crippen LogP contribution in [0, 0.1) is 11.3 Å². The van der Waals surface area contributed by atoms with Gasteiger partial charge in [-0.25, -0.2) is 0 Å². The Labute approximate surface area is 142 Å². The summed E-state index contributed by atoms with van der Waals surface area (Å²) in [6.07, 6.45) is 11.2. The fraction of sp³-hybridized carbons (Fsp3) is 0.455. The molecule has 0 aromatic heterocycles. The van der Waals surface area contributed by atoms with Gasteiger partial charge in [0.05, 0.1) is 5.70 Å². The fourth-order valence-electron chi connectivity index (χ4n) is 4.48. The van der Waals surface area contributed by atoms with Crippen LogP contribution in [0.25, 0.3) is 0 Å². The van der Waals surface area contributed by atoms with Gasteiger partial charge in [-0.3, -0.25) is 0 Å². The first-order chi connectivity index (χ1) is 10.9. The lowest BCUT2D eigenvalue weighted by Gasteiger charge is -2.50. The summed E-state index contributed by atoms with van der Waals surface area (Å²) in [5.41, 5.74) is 5.85. The molecule has 0 unspecified atom stereocenters. The van der Waals surface area contributed by atoms with E-state index in [0.29, 0.717) is 5.41 Å². The van der Waals surface area contributed by atoms with Gasteiger partial charge in [0.15, 0.2) is 0 Å². The predicted molar refractivity (Wildman–Crippen MR) is 102 cm³/mol. The van der Waals surface area contributed by atoms with E-state index < -0.39 is 0 Å². The molecule has 0 aromatic carbocycles. The van der Waals surface area contributed by atoms with Crippen LogP contribution >= 0.6 is 0 Å². The molecular weight excluding hydrogens is 278 g/mol. The van der Waals surface area contributed by atoms with Crippen LogP contribution in [0.4, 0.5) is 0 Å². The molecule has 0 spiro atoms. The van der Waals surface area contributed by atoms with Crippen LogP contribution in [0.15, 0.2) is 72.7 Å². The maximum absolute atomic E-state index is 4.23. The summed E-state index contributed by atoms with van der Waals surface area (Å²) in [7, 11) is 0. The van der Waals surface area contributed by atoms with Gasteiger partial charge in [0.2, 0.25) is 0 Å². The Hall–Kier alpha value is -1.76.